The highest BCUT2D eigenvalue weighted by molar-refractivity contribution is 5.90. The van der Waals surface area contributed by atoms with Crippen LogP contribution in [-0.2, 0) is 9.53 Å². The van der Waals surface area contributed by atoms with Gasteiger partial charge in [0.1, 0.15) is 5.82 Å². The molecule has 0 saturated heterocycles. The number of hydrogen-bond donors (Lipinski definition) is 0. The van der Waals surface area contributed by atoms with Crippen molar-refractivity contribution in [1.29, 1.82) is 0 Å². The van der Waals surface area contributed by atoms with E-state index in [1.54, 1.807) is 6.92 Å². The first kappa shape index (κ1) is 11.9. The van der Waals surface area contributed by atoms with Crippen molar-refractivity contribution >= 4 is 12.3 Å². The normalized spacial score (nSPS) is 8.88. The van der Waals surface area contributed by atoms with Gasteiger partial charge in [-0.15, -0.1) is 0 Å². The molecule has 0 aliphatic rings. The van der Waals surface area contributed by atoms with Gasteiger partial charge in [-0.05, 0) is 25.1 Å². The molecule has 0 bridgehead atoms. The van der Waals surface area contributed by atoms with E-state index in [2.05, 4.69) is 16.6 Å². The van der Waals surface area contributed by atoms with Gasteiger partial charge < -0.3 is 4.74 Å². The molecule has 0 heterocycles. The maximum absolute atomic E-state index is 12.9. The van der Waals surface area contributed by atoms with Gasteiger partial charge >= 0.3 is 5.97 Å². The minimum Gasteiger partial charge on any atom is -0.456 e. The summed E-state index contributed by atoms with van der Waals surface area (Å²) in [5.74, 6) is 3.34. The molecular weight excluding hydrogens is 211 g/mol. The Morgan fingerprint density at radius 2 is 2.31 bits per heavy atom. The molecule has 0 aromatic heterocycles. The van der Waals surface area contributed by atoms with Gasteiger partial charge in [0.25, 0.3) is 0 Å². The number of ether oxygens (including phenoxy) is 1. The van der Waals surface area contributed by atoms with Crippen molar-refractivity contribution < 1.29 is 18.7 Å². The Kier molecular flexibility index (Phi) is 4.22. The van der Waals surface area contributed by atoms with Crippen LogP contribution in [0.15, 0.2) is 18.2 Å². The Hall–Kier alpha value is -2.15. The van der Waals surface area contributed by atoms with Crippen LogP contribution >= 0.6 is 0 Å². The highest BCUT2D eigenvalue weighted by Gasteiger charge is 2.01. The highest BCUT2D eigenvalue weighted by atomic mass is 19.1. The fourth-order valence-corrected chi connectivity index (χ4v) is 1.03. The van der Waals surface area contributed by atoms with E-state index >= 15 is 0 Å². The number of rotatable bonds is 2. The number of esters is 1. The van der Waals surface area contributed by atoms with Gasteiger partial charge in [0, 0.05) is 17.0 Å². The summed E-state index contributed by atoms with van der Waals surface area (Å²) in [4.78, 5) is 21.5. The second-order valence-corrected chi connectivity index (χ2v) is 2.82. The summed E-state index contributed by atoms with van der Waals surface area (Å²) in [7, 11) is 0. The second-order valence-electron chi connectivity index (χ2n) is 2.82. The summed E-state index contributed by atoms with van der Waals surface area (Å²) in [5.41, 5.74) is 0.404. The predicted octanol–water partition coefficient (Wildman–Crippen LogP) is 1.55. The maximum Gasteiger partial charge on any atom is 0.384 e. The molecule has 3 nitrogen and oxygen atoms in total. The third-order valence-corrected chi connectivity index (χ3v) is 1.72. The van der Waals surface area contributed by atoms with Crippen LogP contribution in [0.3, 0.4) is 0 Å². The van der Waals surface area contributed by atoms with Gasteiger partial charge in [-0.3, -0.25) is 4.79 Å². The molecule has 82 valence electrons. The molecule has 0 aliphatic heterocycles. The van der Waals surface area contributed by atoms with Crippen LogP contribution in [0.2, 0.25) is 0 Å². The number of carbonyl (C=O) groups excluding carboxylic acids is 2. The SMILES string of the molecule is CCOC(=O)C#Cc1cc(F)ccc1C=O. The smallest absolute Gasteiger partial charge is 0.384 e. The van der Waals surface area contributed by atoms with E-state index in [4.69, 9.17) is 0 Å². The number of benzene rings is 1. The first-order valence-corrected chi connectivity index (χ1v) is 4.61. The summed E-state index contributed by atoms with van der Waals surface area (Å²) in [6, 6.07) is 3.55. The van der Waals surface area contributed by atoms with E-state index in [1.807, 2.05) is 0 Å². The summed E-state index contributed by atoms with van der Waals surface area (Å²) in [6.45, 7) is 1.87. The molecule has 0 fully saturated rings. The van der Waals surface area contributed by atoms with Gasteiger partial charge in [0.15, 0.2) is 6.29 Å². The third kappa shape index (κ3) is 3.21. The molecule has 0 unspecified atom stereocenters. The van der Waals surface area contributed by atoms with Crippen molar-refractivity contribution in [2.45, 2.75) is 6.92 Å². The number of halogens is 1. The topological polar surface area (TPSA) is 43.4 Å². The van der Waals surface area contributed by atoms with E-state index < -0.39 is 11.8 Å². The van der Waals surface area contributed by atoms with Crippen LogP contribution in [0.5, 0.6) is 0 Å². The lowest BCUT2D eigenvalue weighted by atomic mass is 10.1. The summed E-state index contributed by atoms with van der Waals surface area (Å²) in [6.07, 6.45) is 0.550. The van der Waals surface area contributed by atoms with Crippen molar-refractivity contribution in [2.24, 2.45) is 0 Å². The Bertz CT molecular complexity index is 469. The van der Waals surface area contributed by atoms with Crippen molar-refractivity contribution in [3.8, 4) is 11.8 Å². The van der Waals surface area contributed by atoms with E-state index in [0.717, 1.165) is 12.1 Å². The summed E-state index contributed by atoms with van der Waals surface area (Å²) < 4.78 is 17.4. The van der Waals surface area contributed by atoms with Gasteiger partial charge in [0.2, 0.25) is 0 Å². The van der Waals surface area contributed by atoms with Gasteiger partial charge in [-0.2, -0.15) is 0 Å². The van der Waals surface area contributed by atoms with Crippen molar-refractivity contribution in [2.75, 3.05) is 6.61 Å². The zero-order chi connectivity index (χ0) is 12.0. The second kappa shape index (κ2) is 5.66. The largest absolute Gasteiger partial charge is 0.456 e. The predicted molar refractivity (Wildman–Crippen MR) is 55.3 cm³/mol. The van der Waals surface area contributed by atoms with E-state index in [-0.39, 0.29) is 17.7 Å². The molecule has 0 N–H and O–H groups in total. The molecule has 16 heavy (non-hydrogen) atoms. The van der Waals surface area contributed by atoms with Crippen LogP contribution in [0.1, 0.15) is 22.8 Å². The fraction of sp³-hybridized carbons (Fsp3) is 0.167. The Morgan fingerprint density at radius 3 is 2.94 bits per heavy atom. The van der Waals surface area contributed by atoms with Crippen LogP contribution in [0.4, 0.5) is 4.39 Å². The molecule has 0 amide bonds. The molecule has 0 saturated carbocycles. The quantitative estimate of drug-likeness (QED) is 0.431. The molecule has 0 radical (unpaired) electrons. The van der Waals surface area contributed by atoms with Gasteiger partial charge in [-0.25, -0.2) is 9.18 Å². The third-order valence-electron chi connectivity index (χ3n) is 1.72. The molecule has 1 aromatic rings. The monoisotopic (exact) mass is 220 g/mol. The summed E-state index contributed by atoms with van der Waals surface area (Å²) >= 11 is 0. The van der Waals surface area contributed by atoms with Crippen LogP contribution in [0.25, 0.3) is 0 Å². The number of carbonyl (C=O) groups is 2. The van der Waals surface area contributed by atoms with E-state index in [1.165, 1.54) is 6.07 Å². The highest BCUT2D eigenvalue weighted by Crippen LogP contribution is 2.07. The standard InChI is InChI=1S/C12H9FO3/c1-2-16-12(15)6-4-9-7-11(13)5-3-10(9)8-14/h3,5,7-8H,2H2,1H3. The zero-order valence-corrected chi connectivity index (χ0v) is 8.62. The van der Waals surface area contributed by atoms with Crippen LogP contribution < -0.4 is 0 Å². The van der Waals surface area contributed by atoms with E-state index in [0.29, 0.717) is 6.29 Å². The zero-order valence-electron chi connectivity index (χ0n) is 8.62. The Labute approximate surface area is 92.2 Å². The van der Waals surface area contributed by atoms with Gasteiger partial charge in [-0.1, -0.05) is 5.92 Å². The van der Waals surface area contributed by atoms with Crippen molar-refractivity contribution in [1.82, 2.24) is 0 Å². The van der Waals surface area contributed by atoms with Crippen LogP contribution in [0, 0.1) is 17.7 Å². The Balaban J connectivity index is 2.99. The first-order valence-electron chi connectivity index (χ1n) is 4.61. The first-order chi connectivity index (χ1) is 7.67. The average Bonchev–Trinajstić information content (AvgIpc) is 2.27. The molecule has 1 aromatic carbocycles. The minimum absolute atomic E-state index is 0.169. The van der Waals surface area contributed by atoms with Gasteiger partial charge in [0.05, 0.1) is 6.61 Å². The number of hydrogen-bond acceptors (Lipinski definition) is 3. The number of aldehydes is 1. The maximum atomic E-state index is 12.9. The minimum atomic E-state index is -0.705. The average molecular weight is 220 g/mol. The summed E-state index contributed by atoms with van der Waals surface area (Å²) in [5, 5.41) is 0. The lowest BCUT2D eigenvalue weighted by Gasteiger charge is -1.96. The fourth-order valence-electron chi connectivity index (χ4n) is 1.03. The Morgan fingerprint density at radius 1 is 1.56 bits per heavy atom. The molecule has 1 rings (SSSR count). The van der Waals surface area contributed by atoms with Crippen molar-refractivity contribution in [3.63, 3.8) is 0 Å². The molecule has 0 spiro atoms. The van der Waals surface area contributed by atoms with Crippen LogP contribution in [-0.4, -0.2) is 18.9 Å². The molecule has 0 atom stereocenters. The molecular formula is C12H9FO3. The molecule has 0 aliphatic carbocycles. The lowest BCUT2D eigenvalue weighted by molar-refractivity contribution is -0.136. The van der Waals surface area contributed by atoms with Crippen molar-refractivity contribution in [3.05, 3.63) is 35.1 Å². The lowest BCUT2D eigenvalue weighted by Crippen LogP contribution is -2.00. The molecule has 4 heteroatoms. The van der Waals surface area contributed by atoms with E-state index in [9.17, 15) is 14.0 Å².